The molecule has 2 aromatic heterocycles. The first-order valence-corrected chi connectivity index (χ1v) is 10.7. The number of fused-ring (bicyclic) bond motifs is 1. The summed E-state index contributed by atoms with van der Waals surface area (Å²) in [7, 11) is 1.63. The van der Waals surface area contributed by atoms with Crippen LogP contribution in [0.1, 0.15) is 51.7 Å². The number of hydrogen-bond acceptors (Lipinski definition) is 4. The van der Waals surface area contributed by atoms with Crippen LogP contribution in [0.5, 0.6) is 0 Å². The van der Waals surface area contributed by atoms with Gasteiger partial charge in [-0.1, -0.05) is 50.9 Å². The highest BCUT2D eigenvalue weighted by atomic mass is 35.5. The number of halogens is 1. The SMILES string of the molecule is CCCCn1c(=O)c2c(C(O)CC(C)C)c(-c3cccc(Cl)c3)ncc2n(C)c1=O. The second kappa shape index (κ2) is 9.14. The zero-order valence-corrected chi connectivity index (χ0v) is 18.6. The number of aliphatic hydroxyl groups excluding tert-OH is 1. The Balaban J connectivity index is 2.43. The Morgan fingerprint density at radius 1 is 1.23 bits per heavy atom. The van der Waals surface area contributed by atoms with Crippen LogP contribution in [0.15, 0.2) is 40.1 Å². The monoisotopic (exact) mass is 429 g/mol. The fourth-order valence-corrected chi connectivity index (χ4v) is 3.96. The van der Waals surface area contributed by atoms with E-state index in [1.807, 2.05) is 32.9 Å². The van der Waals surface area contributed by atoms with Crippen molar-refractivity contribution in [2.45, 2.75) is 52.7 Å². The maximum atomic E-state index is 13.5. The van der Waals surface area contributed by atoms with Crippen molar-refractivity contribution in [2.24, 2.45) is 13.0 Å². The molecular formula is C23H28ClN3O3. The van der Waals surface area contributed by atoms with Gasteiger partial charge in [0.05, 0.1) is 28.9 Å². The van der Waals surface area contributed by atoms with Crippen LogP contribution >= 0.6 is 11.6 Å². The van der Waals surface area contributed by atoms with Gasteiger partial charge in [-0.05, 0) is 30.9 Å². The van der Waals surface area contributed by atoms with E-state index in [9.17, 15) is 14.7 Å². The molecular weight excluding hydrogens is 402 g/mol. The van der Waals surface area contributed by atoms with Crippen molar-refractivity contribution in [3.8, 4) is 11.3 Å². The summed E-state index contributed by atoms with van der Waals surface area (Å²) in [6.07, 6.45) is 2.67. The van der Waals surface area contributed by atoms with Gasteiger partial charge in [-0.3, -0.25) is 18.9 Å². The van der Waals surface area contributed by atoms with Crippen molar-refractivity contribution in [3.05, 3.63) is 61.9 Å². The van der Waals surface area contributed by atoms with Crippen molar-refractivity contribution >= 4 is 22.5 Å². The molecule has 1 atom stereocenters. The maximum Gasteiger partial charge on any atom is 0.331 e. The van der Waals surface area contributed by atoms with Crippen molar-refractivity contribution < 1.29 is 5.11 Å². The second-order valence-electron chi connectivity index (χ2n) is 8.09. The predicted octanol–water partition coefficient (Wildman–Crippen LogP) is 4.30. The van der Waals surface area contributed by atoms with Gasteiger partial charge in [-0.25, -0.2) is 4.79 Å². The molecule has 0 bridgehead atoms. The number of aliphatic hydroxyl groups is 1. The first-order valence-electron chi connectivity index (χ1n) is 10.3. The lowest BCUT2D eigenvalue weighted by atomic mass is 9.93. The molecule has 7 heteroatoms. The molecule has 0 aliphatic heterocycles. The van der Waals surface area contributed by atoms with Gasteiger partial charge in [0.25, 0.3) is 5.56 Å². The van der Waals surface area contributed by atoms with Crippen LogP contribution in [0.2, 0.25) is 5.02 Å². The fourth-order valence-electron chi connectivity index (χ4n) is 3.77. The zero-order valence-electron chi connectivity index (χ0n) is 17.9. The minimum atomic E-state index is -0.903. The molecule has 0 amide bonds. The molecule has 0 aliphatic rings. The summed E-state index contributed by atoms with van der Waals surface area (Å²) in [6.45, 7) is 6.37. The number of nitrogens with zero attached hydrogens (tertiary/aromatic N) is 3. The molecule has 6 nitrogen and oxygen atoms in total. The number of benzene rings is 1. The van der Waals surface area contributed by atoms with E-state index in [1.165, 1.54) is 15.3 Å². The highest BCUT2D eigenvalue weighted by Crippen LogP contribution is 2.34. The van der Waals surface area contributed by atoms with E-state index >= 15 is 0 Å². The molecule has 0 aliphatic carbocycles. The molecule has 0 saturated carbocycles. The summed E-state index contributed by atoms with van der Waals surface area (Å²) in [5.74, 6) is 0.206. The fraction of sp³-hybridized carbons (Fsp3) is 0.435. The van der Waals surface area contributed by atoms with Gasteiger partial charge in [-0.15, -0.1) is 0 Å². The Morgan fingerprint density at radius 2 is 1.97 bits per heavy atom. The number of aromatic nitrogens is 3. The van der Waals surface area contributed by atoms with E-state index in [1.54, 1.807) is 19.2 Å². The number of hydrogen-bond donors (Lipinski definition) is 1. The van der Waals surface area contributed by atoms with Gasteiger partial charge >= 0.3 is 5.69 Å². The lowest BCUT2D eigenvalue weighted by molar-refractivity contribution is 0.152. The quantitative estimate of drug-likeness (QED) is 0.607. The van der Waals surface area contributed by atoms with Crippen molar-refractivity contribution in [1.29, 1.82) is 0 Å². The average Bonchev–Trinajstić information content (AvgIpc) is 2.70. The van der Waals surface area contributed by atoms with Gasteiger partial charge in [0, 0.05) is 29.7 Å². The molecule has 0 spiro atoms. The summed E-state index contributed by atoms with van der Waals surface area (Å²) >= 11 is 6.19. The van der Waals surface area contributed by atoms with Crippen LogP contribution in [0, 0.1) is 5.92 Å². The highest BCUT2D eigenvalue weighted by Gasteiger charge is 2.24. The Bertz CT molecular complexity index is 1180. The molecule has 1 unspecified atom stereocenters. The molecule has 160 valence electrons. The molecule has 0 radical (unpaired) electrons. The summed E-state index contributed by atoms with van der Waals surface area (Å²) in [4.78, 5) is 30.8. The van der Waals surface area contributed by atoms with E-state index in [4.69, 9.17) is 11.6 Å². The first-order chi connectivity index (χ1) is 14.3. The second-order valence-corrected chi connectivity index (χ2v) is 8.52. The van der Waals surface area contributed by atoms with Crippen LogP contribution in [-0.4, -0.2) is 19.2 Å². The molecule has 3 aromatic rings. The van der Waals surface area contributed by atoms with Crippen LogP contribution < -0.4 is 11.2 Å². The normalized spacial score (nSPS) is 12.6. The Labute approximate surface area is 180 Å². The molecule has 1 N–H and O–H groups in total. The lowest BCUT2D eigenvalue weighted by Crippen LogP contribution is -2.39. The largest absolute Gasteiger partial charge is 0.388 e. The molecule has 0 fully saturated rings. The Hall–Kier alpha value is -2.44. The number of pyridine rings is 1. The van der Waals surface area contributed by atoms with E-state index < -0.39 is 6.10 Å². The summed E-state index contributed by atoms with van der Waals surface area (Å²) in [5, 5.41) is 12.0. The summed E-state index contributed by atoms with van der Waals surface area (Å²) in [6, 6.07) is 7.18. The standard InChI is InChI=1S/C23H28ClN3O3/c1-5-6-10-27-22(29)19-17(26(4)23(27)30)13-25-21(15-8-7-9-16(24)12-15)20(19)18(28)11-14(2)3/h7-9,12-14,18,28H,5-6,10-11H2,1-4H3. The average molecular weight is 430 g/mol. The molecule has 3 rings (SSSR count). The first kappa shape index (κ1) is 22.2. The smallest absolute Gasteiger partial charge is 0.331 e. The van der Waals surface area contributed by atoms with E-state index in [-0.39, 0.29) is 17.2 Å². The topological polar surface area (TPSA) is 77.1 Å². The zero-order chi connectivity index (χ0) is 22.0. The molecule has 0 saturated heterocycles. The Kier molecular flexibility index (Phi) is 6.78. The Morgan fingerprint density at radius 3 is 2.60 bits per heavy atom. The predicted molar refractivity (Wildman–Crippen MR) is 121 cm³/mol. The van der Waals surface area contributed by atoms with Gasteiger partial charge in [0.1, 0.15) is 0 Å². The highest BCUT2D eigenvalue weighted by molar-refractivity contribution is 6.30. The maximum absolute atomic E-state index is 13.5. The van der Waals surface area contributed by atoms with Gasteiger partial charge in [0.15, 0.2) is 0 Å². The van der Waals surface area contributed by atoms with Gasteiger partial charge in [-0.2, -0.15) is 0 Å². The minimum Gasteiger partial charge on any atom is -0.388 e. The van der Waals surface area contributed by atoms with E-state index in [0.717, 1.165) is 18.4 Å². The van der Waals surface area contributed by atoms with Gasteiger partial charge < -0.3 is 5.11 Å². The third-order valence-corrected chi connectivity index (χ3v) is 5.53. The number of rotatable bonds is 7. The van der Waals surface area contributed by atoms with Crippen LogP contribution in [0.3, 0.4) is 0 Å². The number of unbranched alkanes of at least 4 members (excludes halogenated alkanes) is 1. The van der Waals surface area contributed by atoms with Crippen LogP contribution in [0.4, 0.5) is 0 Å². The lowest BCUT2D eigenvalue weighted by Gasteiger charge is -2.20. The molecule has 2 heterocycles. The molecule has 1 aromatic carbocycles. The number of aryl methyl sites for hydroxylation is 1. The van der Waals surface area contributed by atoms with Crippen LogP contribution in [0.25, 0.3) is 22.2 Å². The van der Waals surface area contributed by atoms with E-state index in [2.05, 4.69) is 4.98 Å². The molecule has 30 heavy (non-hydrogen) atoms. The van der Waals surface area contributed by atoms with Crippen LogP contribution in [-0.2, 0) is 13.6 Å². The third kappa shape index (κ3) is 4.20. The summed E-state index contributed by atoms with van der Waals surface area (Å²) < 4.78 is 2.70. The minimum absolute atomic E-state index is 0.206. The summed E-state index contributed by atoms with van der Waals surface area (Å²) in [5.41, 5.74) is 1.34. The van der Waals surface area contributed by atoms with Crippen molar-refractivity contribution in [2.75, 3.05) is 0 Å². The van der Waals surface area contributed by atoms with Crippen molar-refractivity contribution in [1.82, 2.24) is 14.1 Å². The third-order valence-electron chi connectivity index (χ3n) is 5.30. The van der Waals surface area contributed by atoms with Crippen molar-refractivity contribution in [3.63, 3.8) is 0 Å². The van der Waals surface area contributed by atoms with Gasteiger partial charge in [0.2, 0.25) is 0 Å². The van der Waals surface area contributed by atoms with E-state index in [0.29, 0.717) is 40.1 Å².